The summed E-state index contributed by atoms with van der Waals surface area (Å²) >= 11 is 1.11. The van der Waals surface area contributed by atoms with E-state index >= 15 is 0 Å². The third kappa shape index (κ3) is 1.86. The molecule has 0 radical (unpaired) electrons. The van der Waals surface area contributed by atoms with E-state index < -0.39 is 0 Å². The number of hydrogen-bond donors (Lipinski definition) is 1. The fraction of sp³-hybridized carbons (Fsp3) is 0.750. The monoisotopic (exact) mass is 200 g/mol. The Labute approximate surface area is 81.0 Å². The molecular weight excluding hydrogens is 188 g/mol. The Bertz CT molecular complexity index is 222. The van der Waals surface area contributed by atoms with Gasteiger partial charge in [0, 0.05) is 12.6 Å². The van der Waals surface area contributed by atoms with E-state index in [0.717, 1.165) is 31.1 Å². The van der Waals surface area contributed by atoms with Crippen molar-refractivity contribution < 1.29 is 9.59 Å². The van der Waals surface area contributed by atoms with Crippen molar-refractivity contribution in [1.82, 2.24) is 10.2 Å². The molecule has 72 valence electrons. The number of hydrogen-bond acceptors (Lipinski definition) is 4. The lowest BCUT2D eigenvalue weighted by molar-refractivity contribution is -0.124. The van der Waals surface area contributed by atoms with Crippen LogP contribution >= 0.6 is 11.8 Å². The molecule has 0 aliphatic carbocycles. The van der Waals surface area contributed by atoms with Gasteiger partial charge in [-0.15, -0.1) is 0 Å². The van der Waals surface area contributed by atoms with Crippen LogP contribution < -0.4 is 5.32 Å². The zero-order valence-electron chi connectivity index (χ0n) is 7.28. The molecule has 2 saturated heterocycles. The standard InChI is InChI=1S/C8H12N2O2S/c11-7-5-13-8(12)10(7)4-6-2-1-3-9-6/h6,9H,1-5H2/t6-/m1/s1. The normalized spacial score (nSPS) is 28.9. The van der Waals surface area contributed by atoms with Gasteiger partial charge in [0.2, 0.25) is 5.91 Å². The second-order valence-electron chi connectivity index (χ2n) is 3.35. The molecule has 0 spiro atoms. The molecule has 0 saturated carbocycles. The van der Waals surface area contributed by atoms with E-state index in [9.17, 15) is 9.59 Å². The van der Waals surface area contributed by atoms with Gasteiger partial charge in [-0.25, -0.2) is 0 Å². The van der Waals surface area contributed by atoms with Gasteiger partial charge in [0.15, 0.2) is 0 Å². The molecule has 0 unspecified atom stereocenters. The molecule has 5 heteroatoms. The van der Waals surface area contributed by atoms with Crippen LogP contribution in [-0.2, 0) is 4.79 Å². The molecule has 0 aromatic heterocycles. The predicted molar refractivity (Wildman–Crippen MR) is 50.6 cm³/mol. The van der Waals surface area contributed by atoms with Crippen molar-refractivity contribution in [1.29, 1.82) is 0 Å². The highest BCUT2D eigenvalue weighted by Gasteiger charge is 2.32. The molecule has 2 rings (SSSR count). The lowest BCUT2D eigenvalue weighted by Gasteiger charge is -2.17. The molecule has 2 aliphatic heterocycles. The third-order valence-corrected chi connectivity index (χ3v) is 3.26. The average molecular weight is 200 g/mol. The molecule has 0 aromatic carbocycles. The average Bonchev–Trinajstić information content (AvgIpc) is 2.70. The van der Waals surface area contributed by atoms with Gasteiger partial charge >= 0.3 is 0 Å². The summed E-state index contributed by atoms with van der Waals surface area (Å²) in [6.07, 6.45) is 2.22. The molecule has 2 heterocycles. The van der Waals surface area contributed by atoms with Crippen LogP contribution in [0.25, 0.3) is 0 Å². The summed E-state index contributed by atoms with van der Waals surface area (Å²) in [4.78, 5) is 23.8. The first-order valence-corrected chi connectivity index (χ1v) is 5.46. The Balaban J connectivity index is 1.92. The van der Waals surface area contributed by atoms with Gasteiger partial charge in [-0.05, 0) is 19.4 Å². The van der Waals surface area contributed by atoms with Crippen LogP contribution in [0, 0.1) is 0 Å². The van der Waals surface area contributed by atoms with Gasteiger partial charge in [-0.3, -0.25) is 14.5 Å². The highest BCUT2D eigenvalue weighted by molar-refractivity contribution is 8.14. The lowest BCUT2D eigenvalue weighted by Crippen LogP contribution is -2.40. The molecule has 0 bridgehead atoms. The minimum Gasteiger partial charge on any atom is -0.312 e. The zero-order valence-corrected chi connectivity index (χ0v) is 8.10. The van der Waals surface area contributed by atoms with Crippen LogP contribution in [0.2, 0.25) is 0 Å². The van der Waals surface area contributed by atoms with Gasteiger partial charge < -0.3 is 5.32 Å². The number of nitrogens with one attached hydrogen (secondary N) is 1. The van der Waals surface area contributed by atoms with Crippen molar-refractivity contribution in [3.63, 3.8) is 0 Å². The van der Waals surface area contributed by atoms with Crippen molar-refractivity contribution >= 4 is 22.9 Å². The topological polar surface area (TPSA) is 49.4 Å². The van der Waals surface area contributed by atoms with E-state index in [1.54, 1.807) is 0 Å². The van der Waals surface area contributed by atoms with Gasteiger partial charge in [0.25, 0.3) is 5.24 Å². The van der Waals surface area contributed by atoms with Crippen LogP contribution in [-0.4, -0.2) is 40.9 Å². The Morgan fingerprint density at radius 1 is 1.54 bits per heavy atom. The molecule has 2 amide bonds. The SMILES string of the molecule is O=C1CSC(=O)N1C[C@H]1CCCN1. The van der Waals surface area contributed by atoms with Crippen molar-refractivity contribution in [2.75, 3.05) is 18.8 Å². The van der Waals surface area contributed by atoms with E-state index in [1.807, 2.05) is 0 Å². The molecule has 2 aliphatic rings. The maximum absolute atomic E-state index is 11.2. The van der Waals surface area contributed by atoms with Gasteiger partial charge in [-0.1, -0.05) is 11.8 Å². The lowest BCUT2D eigenvalue weighted by atomic mass is 10.2. The number of carbonyl (C=O) groups is 2. The van der Waals surface area contributed by atoms with Gasteiger partial charge in [-0.2, -0.15) is 0 Å². The molecular formula is C8H12N2O2S. The summed E-state index contributed by atoms with van der Waals surface area (Å²) < 4.78 is 0. The van der Waals surface area contributed by atoms with Gasteiger partial charge in [0.1, 0.15) is 0 Å². The van der Waals surface area contributed by atoms with Crippen LogP contribution in [0.15, 0.2) is 0 Å². The fourth-order valence-electron chi connectivity index (χ4n) is 1.69. The molecule has 4 nitrogen and oxygen atoms in total. The third-order valence-electron chi connectivity index (χ3n) is 2.41. The number of imide groups is 1. The summed E-state index contributed by atoms with van der Waals surface area (Å²) in [5.41, 5.74) is 0. The second kappa shape index (κ2) is 3.67. The largest absolute Gasteiger partial charge is 0.312 e. The number of amides is 2. The first kappa shape index (κ1) is 9.02. The summed E-state index contributed by atoms with van der Waals surface area (Å²) in [6.45, 7) is 1.57. The maximum Gasteiger partial charge on any atom is 0.288 e. The van der Waals surface area contributed by atoms with E-state index in [4.69, 9.17) is 0 Å². The maximum atomic E-state index is 11.2. The molecule has 13 heavy (non-hydrogen) atoms. The summed E-state index contributed by atoms with van der Waals surface area (Å²) in [5.74, 6) is 0.287. The van der Waals surface area contributed by atoms with E-state index in [1.165, 1.54) is 4.90 Å². The van der Waals surface area contributed by atoms with Crippen molar-refractivity contribution in [2.24, 2.45) is 0 Å². The highest BCUT2D eigenvalue weighted by Crippen LogP contribution is 2.20. The Morgan fingerprint density at radius 2 is 2.38 bits per heavy atom. The van der Waals surface area contributed by atoms with E-state index in [-0.39, 0.29) is 11.1 Å². The quantitative estimate of drug-likeness (QED) is 0.702. The number of thioether (sulfide) groups is 1. The Morgan fingerprint density at radius 3 is 2.92 bits per heavy atom. The summed E-state index contributed by atoms with van der Waals surface area (Å²) in [6, 6.07) is 0.326. The second-order valence-corrected chi connectivity index (χ2v) is 4.28. The van der Waals surface area contributed by atoms with E-state index in [2.05, 4.69) is 5.32 Å². The summed E-state index contributed by atoms with van der Waals surface area (Å²) in [5, 5.41) is 3.18. The number of carbonyl (C=O) groups excluding carboxylic acids is 2. The highest BCUT2D eigenvalue weighted by atomic mass is 32.2. The Hall–Kier alpha value is -0.550. The first-order valence-electron chi connectivity index (χ1n) is 4.48. The van der Waals surface area contributed by atoms with Crippen LogP contribution in [0.3, 0.4) is 0 Å². The molecule has 1 atom stereocenters. The first-order chi connectivity index (χ1) is 6.27. The zero-order chi connectivity index (χ0) is 9.26. The summed E-state index contributed by atoms with van der Waals surface area (Å²) in [7, 11) is 0. The number of rotatable bonds is 2. The van der Waals surface area contributed by atoms with Crippen molar-refractivity contribution in [3.8, 4) is 0 Å². The van der Waals surface area contributed by atoms with Crippen LogP contribution in [0.5, 0.6) is 0 Å². The molecule has 2 fully saturated rings. The predicted octanol–water partition coefficient (Wildman–Crippen LogP) is 0.434. The minimum atomic E-state index is -0.0845. The number of nitrogens with zero attached hydrogens (tertiary/aromatic N) is 1. The van der Waals surface area contributed by atoms with Crippen molar-refractivity contribution in [2.45, 2.75) is 18.9 Å². The minimum absolute atomic E-state index is 0.0382. The van der Waals surface area contributed by atoms with Crippen molar-refractivity contribution in [3.05, 3.63) is 0 Å². The van der Waals surface area contributed by atoms with Gasteiger partial charge in [0.05, 0.1) is 5.75 Å². The van der Waals surface area contributed by atoms with Crippen LogP contribution in [0.1, 0.15) is 12.8 Å². The molecule has 1 N–H and O–H groups in total. The Kier molecular flexibility index (Phi) is 2.55. The molecule has 0 aromatic rings. The van der Waals surface area contributed by atoms with Crippen LogP contribution in [0.4, 0.5) is 4.79 Å². The smallest absolute Gasteiger partial charge is 0.288 e. The fourth-order valence-corrected chi connectivity index (χ4v) is 2.43. The van der Waals surface area contributed by atoms with E-state index in [0.29, 0.717) is 18.3 Å².